The van der Waals surface area contributed by atoms with E-state index >= 15 is 0 Å². The van der Waals surface area contributed by atoms with E-state index in [-0.39, 0.29) is 11.5 Å². The molecule has 1 fully saturated rings. The van der Waals surface area contributed by atoms with Crippen molar-refractivity contribution in [1.29, 1.82) is 0 Å². The van der Waals surface area contributed by atoms with Crippen molar-refractivity contribution in [3.05, 3.63) is 34.1 Å². The molecule has 6 heteroatoms. The first-order valence-corrected chi connectivity index (χ1v) is 9.82. The fraction of sp³-hybridized carbons (Fsp3) is 0.526. The lowest BCUT2D eigenvalue weighted by molar-refractivity contribution is -0.129. The van der Waals surface area contributed by atoms with Crippen LogP contribution in [0.25, 0.3) is 10.9 Å². The number of carbonyl (C=O) groups is 1. The number of carbonyl (C=O) groups excluding carboxylic acids is 1. The number of rotatable bonds is 4. The van der Waals surface area contributed by atoms with Crippen molar-refractivity contribution in [2.75, 3.05) is 12.8 Å². The lowest BCUT2D eigenvalue weighted by atomic mass is 9.94. The van der Waals surface area contributed by atoms with Gasteiger partial charge in [0.1, 0.15) is 0 Å². The van der Waals surface area contributed by atoms with Crippen LogP contribution in [0.1, 0.15) is 37.7 Å². The summed E-state index contributed by atoms with van der Waals surface area (Å²) in [5.74, 6) is 0.417. The van der Waals surface area contributed by atoms with Crippen molar-refractivity contribution in [2.24, 2.45) is 7.05 Å². The maximum atomic E-state index is 12.5. The normalized spacial score (nSPS) is 15.5. The minimum Gasteiger partial charge on any atom is -0.342 e. The molecule has 134 valence electrons. The first-order chi connectivity index (χ1) is 12.0. The first-order valence-electron chi connectivity index (χ1n) is 8.83. The van der Waals surface area contributed by atoms with E-state index < -0.39 is 0 Å². The van der Waals surface area contributed by atoms with E-state index in [9.17, 15) is 9.59 Å². The Morgan fingerprint density at radius 3 is 2.76 bits per heavy atom. The summed E-state index contributed by atoms with van der Waals surface area (Å²) in [6, 6.07) is 6.04. The van der Waals surface area contributed by atoms with E-state index in [2.05, 4.69) is 4.98 Å². The molecule has 0 spiro atoms. The Labute approximate surface area is 152 Å². The average Bonchev–Trinajstić information content (AvgIpc) is 2.64. The maximum absolute atomic E-state index is 12.5. The lowest BCUT2D eigenvalue weighted by Gasteiger charge is -2.31. The molecule has 1 saturated carbocycles. The third-order valence-electron chi connectivity index (χ3n) is 5.03. The summed E-state index contributed by atoms with van der Waals surface area (Å²) in [5.41, 5.74) is 1.66. The minimum atomic E-state index is -0.0655. The fourth-order valence-electron chi connectivity index (χ4n) is 3.39. The number of fused-ring (bicyclic) bond motifs is 1. The zero-order chi connectivity index (χ0) is 18.0. The van der Waals surface area contributed by atoms with Crippen LogP contribution in [0.4, 0.5) is 0 Å². The van der Waals surface area contributed by atoms with E-state index in [1.54, 1.807) is 11.6 Å². The van der Waals surface area contributed by atoms with Gasteiger partial charge in [-0.3, -0.25) is 14.2 Å². The maximum Gasteiger partial charge on any atom is 0.261 e. The number of thioether (sulfide) groups is 1. The van der Waals surface area contributed by atoms with Crippen LogP contribution in [0.2, 0.25) is 0 Å². The Hall–Kier alpha value is -1.82. The summed E-state index contributed by atoms with van der Waals surface area (Å²) >= 11 is 1.34. The van der Waals surface area contributed by atoms with E-state index in [0.29, 0.717) is 27.9 Å². The first kappa shape index (κ1) is 18.0. The van der Waals surface area contributed by atoms with Gasteiger partial charge in [-0.2, -0.15) is 0 Å². The second-order valence-corrected chi connectivity index (χ2v) is 7.81. The fourth-order valence-corrected chi connectivity index (χ4v) is 4.29. The zero-order valence-corrected chi connectivity index (χ0v) is 15.9. The van der Waals surface area contributed by atoms with Gasteiger partial charge >= 0.3 is 0 Å². The highest BCUT2D eigenvalue weighted by molar-refractivity contribution is 7.99. The number of amides is 1. The van der Waals surface area contributed by atoms with Crippen LogP contribution in [0.15, 0.2) is 28.2 Å². The highest BCUT2D eigenvalue weighted by atomic mass is 32.2. The number of nitrogens with zero attached hydrogens (tertiary/aromatic N) is 3. The summed E-state index contributed by atoms with van der Waals surface area (Å²) in [6.45, 7) is 1.96. The van der Waals surface area contributed by atoms with E-state index in [0.717, 1.165) is 18.4 Å². The quantitative estimate of drug-likeness (QED) is 0.622. The zero-order valence-electron chi connectivity index (χ0n) is 15.1. The highest BCUT2D eigenvalue weighted by Gasteiger charge is 2.22. The largest absolute Gasteiger partial charge is 0.342 e. The van der Waals surface area contributed by atoms with Crippen LogP contribution < -0.4 is 5.56 Å². The molecule has 1 heterocycles. The van der Waals surface area contributed by atoms with Crippen molar-refractivity contribution >= 4 is 28.6 Å². The van der Waals surface area contributed by atoms with Gasteiger partial charge in [-0.05, 0) is 31.9 Å². The number of benzene rings is 1. The molecule has 0 bridgehead atoms. The molecule has 25 heavy (non-hydrogen) atoms. The summed E-state index contributed by atoms with van der Waals surface area (Å²) < 4.78 is 1.54. The second kappa shape index (κ2) is 7.60. The van der Waals surface area contributed by atoms with Crippen LogP contribution in [0.5, 0.6) is 0 Å². The molecular formula is C19H25N3O2S. The smallest absolute Gasteiger partial charge is 0.261 e. The summed E-state index contributed by atoms with van der Waals surface area (Å²) in [4.78, 5) is 31.5. The van der Waals surface area contributed by atoms with E-state index in [1.165, 1.54) is 31.0 Å². The lowest BCUT2D eigenvalue weighted by Crippen LogP contribution is -2.39. The van der Waals surface area contributed by atoms with Crippen molar-refractivity contribution in [3.63, 3.8) is 0 Å². The van der Waals surface area contributed by atoms with Crippen LogP contribution >= 0.6 is 11.8 Å². The molecule has 0 radical (unpaired) electrons. The summed E-state index contributed by atoms with van der Waals surface area (Å²) in [6.07, 6.45) is 5.87. The van der Waals surface area contributed by atoms with Crippen LogP contribution in [0, 0.1) is 6.92 Å². The van der Waals surface area contributed by atoms with Crippen molar-refractivity contribution in [2.45, 2.75) is 50.2 Å². The van der Waals surface area contributed by atoms with E-state index in [4.69, 9.17) is 0 Å². The van der Waals surface area contributed by atoms with Gasteiger partial charge in [-0.1, -0.05) is 42.7 Å². The monoisotopic (exact) mass is 359 g/mol. The van der Waals surface area contributed by atoms with Crippen LogP contribution in [-0.4, -0.2) is 39.2 Å². The number of hydrogen-bond acceptors (Lipinski definition) is 4. The van der Waals surface area contributed by atoms with Gasteiger partial charge < -0.3 is 4.90 Å². The molecule has 0 atom stereocenters. The molecule has 0 saturated heterocycles. The third-order valence-corrected chi connectivity index (χ3v) is 6.05. The van der Waals surface area contributed by atoms with Crippen LogP contribution in [0.3, 0.4) is 0 Å². The Kier molecular flexibility index (Phi) is 5.47. The topological polar surface area (TPSA) is 55.2 Å². The van der Waals surface area contributed by atoms with Gasteiger partial charge in [0, 0.05) is 20.1 Å². The number of hydrogen-bond donors (Lipinski definition) is 0. The molecule has 5 nitrogen and oxygen atoms in total. The third kappa shape index (κ3) is 3.89. The predicted molar refractivity (Wildman–Crippen MR) is 102 cm³/mol. The molecular weight excluding hydrogens is 334 g/mol. The Balaban J connectivity index is 1.74. The molecule has 1 aromatic carbocycles. The Morgan fingerprint density at radius 1 is 1.32 bits per heavy atom. The summed E-state index contributed by atoms with van der Waals surface area (Å²) in [5, 5.41) is 1.21. The summed E-state index contributed by atoms with van der Waals surface area (Å²) in [7, 11) is 3.61. The van der Waals surface area contributed by atoms with Gasteiger partial charge in [0.2, 0.25) is 5.91 Å². The van der Waals surface area contributed by atoms with Gasteiger partial charge in [-0.15, -0.1) is 0 Å². The van der Waals surface area contributed by atoms with Crippen molar-refractivity contribution < 1.29 is 4.79 Å². The molecule has 0 N–H and O–H groups in total. The highest BCUT2D eigenvalue weighted by Crippen LogP contribution is 2.23. The average molecular weight is 359 g/mol. The van der Waals surface area contributed by atoms with Gasteiger partial charge in [0.05, 0.1) is 16.7 Å². The Morgan fingerprint density at radius 2 is 2.04 bits per heavy atom. The molecule has 0 unspecified atom stereocenters. The van der Waals surface area contributed by atoms with Gasteiger partial charge in [0.15, 0.2) is 5.16 Å². The number of aromatic nitrogens is 2. The van der Waals surface area contributed by atoms with E-state index in [1.807, 2.05) is 37.1 Å². The van der Waals surface area contributed by atoms with Crippen molar-refractivity contribution in [1.82, 2.24) is 14.5 Å². The molecule has 2 aromatic rings. The predicted octanol–water partition coefficient (Wildman–Crippen LogP) is 3.13. The van der Waals surface area contributed by atoms with Crippen molar-refractivity contribution in [3.8, 4) is 0 Å². The SMILES string of the molecule is Cc1ccc2nc(SCC(=O)N(C)C3CCCCC3)n(C)c(=O)c2c1. The molecule has 0 aliphatic heterocycles. The van der Waals surface area contributed by atoms with Gasteiger partial charge in [-0.25, -0.2) is 4.98 Å². The number of aryl methyl sites for hydroxylation is 1. The Bertz CT molecular complexity index is 840. The molecule has 1 aliphatic rings. The van der Waals surface area contributed by atoms with Gasteiger partial charge in [0.25, 0.3) is 5.56 Å². The molecule has 3 rings (SSSR count). The standard InChI is InChI=1S/C19H25N3O2S/c1-13-9-10-16-15(11-13)18(24)22(3)19(20-16)25-12-17(23)21(2)14-7-5-4-6-8-14/h9-11,14H,4-8,12H2,1-3H3. The second-order valence-electron chi connectivity index (χ2n) is 6.86. The minimum absolute atomic E-state index is 0.0655. The van der Waals surface area contributed by atoms with Crippen LogP contribution in [-0.2, 0) is 11.8 Å². The molecule has 1 amide bonds. The molecule has 1 aliphatic carbocycles. The molecule has 1 aromatic heterocycles.